The monoisotopic (exact) mass is 1360 g/mol. The van der Waals surface area contributed by atoms with Crippen molar-refractivity contribution in [2.75, 3.05) is 0 Å². The van der Waals surface area contributed by atoms with E-state index in [9.17, 15) is 0 Å². The number of benzene rings is 16. The van der Waals surface area contributed by atoms with E-state index < -0.39 is 7.26 Å². The van der Waals surface area contributed by atoms with Crippen LogP contribution in [0.3, 0.4) is 0 Å². The third-order valence-electron chi connectivity index (χ3n) is 19.3. The van der Waals surface area contributed by atoms with E-state index in [1.807, 2.05) is 0 Å². The summed E-state index contributed by atoms with van der Waals surface area (Å²) >= 11 is 0. The van der Waals surface area contributed by atoms with Crippen LogP contribution in [0.4, 0.5) is 0 Å². The molecular weight excluding hydrogens is 1290 g/mol. The van der Waals surface area contributed by atoms with Gasteiger partial charge in [0.1, 0.15) is 0 Å². The van der Waals surface area contributed by atoms with Gasteiger partial charge in [-0.05, 0) is 0 Å². The van der Waals surface area contributed by atoms with Gasteiger partial charge in [-0.1, -0.05) is 0 Å². The summed E-state index contributed by atoms with van der Waals surface area (Å²) in [5.41, 5.74) is 27.7. The van der Waals surface area contributed by atoms with Crippen LogP contribution in [0.5, 0.6) is 0 Å². The Bertz CT molecular complexity index is 4660. The van der Waals surface area contributed by atoms with E-state index in [1.54, 1.807) is 0 Å². The average Bonchev–Trinajstić information content (AvgIpc) is 0.683. The zero-order valence-electron chi connectivity index (χ0n) is 54.1. The first-order valence-electron chi connectivity index (χ1n) is 33.6. The van der Waals surface area contributed by atoms with E-state index in [4.69, 9.17) is 0 Å². The summed E-state index contributed by atoms with van der Waals surface area (Å²) in [5.74, 6) is 0. The van der Waals surface area contributed by atoms with Crippen LogP contribution >= 0.6 is 7.26 Å². The molecule has 0 fully saturated rings. The second kappa shape index (κ2) is 28.5. The van der Waals surface area contributed by atoms with Crippen LogP contribution in [0.1, 0.15) is 0 Å². The van der Waals surface area contributed by atoms with Crippen molar-refractivity contribution in [3.05, 3.63) is 413 Å². The van der Waals surface area contributed by atoms with Gasteiger partial charge in [0.05, 0.1) is 0 Å². The summed E-state index contributed by atoms with van der Waals surface area (Å²) in [5, 5.41) is 5.03. The Hall–Kier alpha value is -11.4. The topological polar surface area (TPSA) is 0 Å². The van der Waals surface area contributed by atoms with E-state index in [2.05, 4.69) is 413 Å². The standard InChI is InChI=1S/C96H69P.Pd/c1-13-37-69(38-14-1)81-61-65-85(93(77-53-29-9-30-54-77)89(81)73-45-21-5-22-46-73)97(86-66-62-82(70-39-15-2-16-40-70)90(74-47-23-6-24-48-74)94(86)78-55-31-10-32-56-78,87-67-63-83(71-41-17-3-18-42-71)91(75-49-25-7-26-50-75)95(87)79-57-33-11-34-58-79)88-68-64-84(72-43-19-4-20-44-72)92(76-51-27-8-28-52-76)96(88)80-59-35-12-36-60-80;/h1-68,97H;. The normalized spacial score (nSPS) is 11.3. The second-order valence-corrected chi connectivity index (χ2v) is 28.4. The van der Waals surface area contributed by atoms with E-state index in [-0.39, 0.29) is 20.4 Å². The van der Waals surface area contributed by atoms with Crippen molar-refractivity contribution in [1.82, 2.24) is 0 Å². The molecule has 98 heavy (non-hydrogen) atoms. The molecule has 0 aromatic heterocycles. The Morgan fingerprint density at radius 1 is 0.112 bits per heavy atom. The average molecular weight is 1360 g/mol. The van der Waals surface area contributed by atoms with Crippen LogP contribution in [0.2, 0.25) is 0 Å². The number of hydrogen-bond donors (Lipinski definition) is 0. The zero-order valence-corrected chi connectivity index (χ0v) is 56.6. The molecule has 468 valence electrons. The Balaban J connectivity index is 0.00000784. The fourth-order valence-corrected chi connectivity index (χ4v) is 20.9. The van der Waals surface area contributed by atoms with Gasteiger partial charge in [-0.3, -0.25) is 0 Å². The third kappa shape index (κ3) is 11.7. The molecule has 16 aromatic carbocycles. The van der Waals surface area contributed by atoms with Crippen LogP contribution in [0, 0.1) is 0 Å². The predicted molar refractivity (Wildman–Crippen MR) is 418 cm³/mol. The van der Waals surface area contributed by atoms with Gasteiger partial charge in [0.25, 0.3) is 0 Å². The summed E-state index contributed by atoms with van der Waals surface area (Å²) in [6.07, 6.45) is 0. The maximum absolute atomic E-state index is 4.36. The first-order valence-corrected chi connectivity index (χ1v) is 35.6. The summed E-state index contributed by atoms with van der Waals surface area (Å²) < 4.78 is 0. The van der Waals surface area contributed by atoms with E-state index in [0.29, 0.717) is 0 Å². The van der Waals surface area contributed by atoms with Gasteiger partial charge >= 0.3 is 575 Å². The molecule has 0 amide bonds. The molecule has 0 heterocycles. The van der Waals surface area contributed by atoms with Gasteiger partial charge in [0, 0.05) is 20.4 Å². The molecule has 0 nitrogen and oxygen atoms in total. The minimum atomic E-state index is -4.36. The fourth-order valence-electron chi connectivity index (χ4n) is 15.2. The van der Waals surface area contributed by atoms with Gasteiger partial charge in [-0.2, -0.15) is 0 Å². The Labute approximate surface area is 590 Å². The summed E-state index contributed by atoms with van der Waals surface area (Å²) in [4.78, 5) is 0. The zero-order chi connectivity index (χ0) is 64.7. The first kappa shape index (κ1) is 62.7. The van der Waals surface area contributed by atoms with Crippen LogP contribution in [0.15, 0.2) is 413 Å². The Morgan fingerprint density at radius 2 is 0.235 bits per heavy atom. The number of rotatable bonds is 16. The third-order valence-corrected chi connectivity index (χ3v) is 24.2. The minimum absolute atomic E-state index is 0. The molecule has 0 N–H and O–H groups in total. The van der Waals surface area contributed by atoms with Crippen molar-refractivity contribution in [2.24, 2.45) is 0 Å². The van der Waals surface area contributed by atoms with Gasteiger partial charge in [-0.25, -0.2) is 0 Å². The van der Waals surface area contributed by atoms with E-state index >= 15 is 0 Å². The summed E-state index contributed by atoms with van der Waals surface area (Å²) in [6, 6.07) is 155. The van der Waals surface area contributed by atoms with Crippen LogP contribution in [0.25, 0.3) is 134 Å². The Kier molecular flexibility index (Phi) is 18.2. The Morgan fingerprint density at radius 3 is 0.378 bits per heavy atom. The molecule has 0 atom stereocenters. The predicted octanol–water partition coefficient (Wildman–Crippen LogP) is 24.0. The van der Waals surface area contributed by atoms with Crippen molar-refractivity contribution < 1.29 is 20.4 Å². The van der Waals surface area contributed by atoms with Gasteiger partial charge < -0.3 is 0 Å². The van der Waals surface area contributed by atoms with Gasteiger partial charge in [-0.15, -0.1) is 0 Å². The molecule has 16 aromatic rings. The maximum atomic E-state index is 2.59. The molecule has 0 saturated carbocycles. The van der Waals surface area contributed by atoms with Crippen LogP contribution < -0.4 is 21.2 Å². The number of hydrogen-bond acceptors (Lipinski definition) is 0. The molecule has 0 unspecified atom stereocenters. The molecule has 0 aliphatic heterocycles. The van der Waals surface area contributed by atoms with E-state index in [1.165, 1.54) is 65.7 Å². The van der Waals surface area contributed by atoms with Crippen LogP contribution in [-0.2, 0) is 20.4 Å². The molecule has 0 aliphatic carbocycles. The molecule has 0 spiro atoms. The second-order valence-electron chi connectivity index (χ2n) is 24.8. The molecule has 0 bridgehead atoms. The van der Waals surface area contributed by atoms with Crippen molar-refractivity contribution in [1.29, 1.82) is 0 Å². The SMILES string of the molecule is [Pd].c1ccc(-c2ccc([PH](c3ccc(-c4ccccc4)c(-c4ccccc4)c3-c3ccccc3)(c3ccc(-c4ccccc4)c(-c4ccccc4)c3-c3ccccc3)c3ccc(-c4ccccc4)c(-c4ccccc4)c3-c3ccccc3)c(-c3ccccc3)c2-c2ccccc2)cc1. The van der Waals surface area contributed by atoms with Crippen molar-refractivity contribution in [3.8, 4) is 134 Å². The molecule has 16 rings (SSSR count). The van der Waals surface area contributed by atoms with Gasteiger partial charge in [0.15, 0.2) is 0 Å². The van der Waals surface area contributed by atoms with Crippen molar-refractivity contribution >= 4 is 28.5 Å². The molecule has 0 radical (unpaired) electrons. The first-order chi connectivity index (χ1) is 48.2. The fraction of sp³-hybridized carbons (Fsp3) is 0. The summed E-state index contributed by atoms with van der Waals surface area (Å²) in [7, 11) is -4.36. The van der Waals surface area contributed by atoms with Gasteiger partial charge in [0.2, 0.25) is 0 Å². The summed E-state index contributed by atoms with van der Waals surface area (Å²) in [6.45, 7) is 0. The molecule has 2 heteroatoms. The molecule has 0 aliphatic rings. The quantitative estimate of drug-likeness (QED) is 0.0668. The van der Waals surface area contributed by atoms with E-state index in [0.717, 1.165) is 89.0 Å². The van der Waals surface area contributed by atoms with Crippen molar-refractivity contribution in [3.63, 3.8) is 0 Å². The molecular formula is C96H69PPd. The van der Waals surface area contributed by atoms with Crippen molar-refractivity contribution in [2.45, 2.75) is 0 Å². The van der Waals surface area contributed by atoms with Crippen LogP contribution in [-0.4, -0.2) is 0 Å². The molecule has 0 saturated heterocycles.